The van der Waals surface area contributed by atoms with Crippen LogP contribution < -0.4 is 0 Å². The summed E-state index contributed by atoms with van der Waals surface area (Å²) < 4.78 is 0. The summed E-state index contributed by atoms with van der Waals surface area (Å²) in [7, 11) is 0. The van der Waals surface area contributed by atoms with Crippen molar-refractivity contribution < 1.29 is 0 Å². The summed E-state index contributed by atoms with van der Waals surface area (Å²) in [4.78, 5) is 0. The smallest absolute Gasteiger partial charge is 0.0264 e. The lowest BCUT2D eigenvalue weighted by atomic mass is 9.55. The van der Waals surface area contributed by atoms with Crippen LogP contribution in [0, 0.1) is 29.1 Å². The Morgan fingerprint density at radius 2 is 1.24 bits per heavy atom. The first kappa shape index (κ1) is 14.6. The topological polar surface area (TPSA) is 0 Å². The van der Waals surface area contributed by atoms with E-state index in [4.69, 9.17) is 0 Å². The van der Waals surface area contributed by atoms with Gasteiger partial charge in [-0.1, -0.05) is 77.0 Å². The van der Waals surface area contributed by atoms with Crippen molar-refractivity contribution in [1.82, 2.24) is 0 Å². The van der Waals surface area contributed by atoms with E-state index in [1.54, 1.807) is 103 Å². The van der Waals surface area contributed by atoms with E-state index in [0.717, 1.165) is 29.1 Å². The summed E-state index contributed by atoms with van der Waals surface area (Å²) >= 11 is 0. The summed E-state index contributed by atoms with van der Waals surface area (Å²) in [6.07, 6.45) is 25.3. The minimum Gasteiger partial charge on any atom is -0.0530 e. The molecule has 0 saturated heterocycles. The molecule has 3 atom stereocenters. The van der Waals surface area contributed by atoms with Gasteiger partial charge >= 0.3 is 0 Å². The van der Waals surface area contributed by atoms with E-state index in [9.17, 15) is 0 Å². The lowest BCUT2D eigenvalue weighted by molar-refractivity contribution is -0.00124. The van der Waals surface area contributed by atoms with Gasteiger partial charge in [-0.25, -0.2) is 0 Å². The molecule has 0 heterocycles. The molecule has 5 aliphatic carbocycles. The Morgan fingerprint density at radius 3 is 2.10 bits per heavy atom. The molecule has 0 N–H and O–H groups in total. The van der Waals surface area contributed by atoms with Crippen molar-refractivity contribution in [3.8, 4) is 0 Å². The summed E-state index contributed by atoms with van der Waals surface area (Å²) in [5.41, 5.74) is 0.809. The molecular weight excluding hydrogens is 252 g/mol. The molecule has 0 aromatic heterocycles. The van der Waals surface area contributed by atoms with Crippen LogP contribution in [0.25, 0.3) is 0 Å². The molecule has 5 rings (SSSR count). The van der Waals surface area contributed by atoms with Gasteiger partial charge in [0, 0.05) is 0 Å². The van der Waals surface area contributed by atoms with Gasteiger partial charge in [0.1, 0.15) is 0 Å². The highest BCUT2D eigenvalue weighted by Crippen LogP contribution is 2.57. The van der Waals surface area contributed by atoms with Crippen molar-refractivity contribution in [1.29, 1.82) is 0 Å². The van der Waals surface area contributed by atoms with E-state index in [-0.39, 0.29) is 0 Å². The molecule has 0 aromatic rings. The maximum atomic E-state index is 1.64. The quantitative estimate of drug-likeness (QED) is 0.501. The van der Waals surface area contributed by atoms with Crippen LogP contribution in [0.2, 0.25) is 0 Å². The second-order valence-corrected chi connectivity index (χ2v) is 9.24. The molecule has 5 aliphatic rings. The van der Waals surface area contributed by atoms with Gasteiger partial charge in [-0.05, 0) is 54.8 Å². The molecule has 0 radical (unpaired) electrons. The van der Waals surface area contributed by atoms with Crippen LogP contribution in [-0.4, -0.2) is 0 Å². The van der Waals surface area contributed by atoms with Crippen molar-refractivity contribution in [2.24, 2.45) is 29.1 Å². The van der Waals surface area contributed by atoms with E-state index in [0.29, 0.717) is 0 Å². The fourth-order valence-electron chi connectivity index (χ4n) is 7.20. The molecular formula is C21H36. The highest BCUT2D eigenvalue weighted by atomic mass is 14.5. The normalized spacial score (nSPS) is 48.0. The van der Waals surface area contributed by atoms with E-state index in [2.05, 4.69) is 0 Å². The molecule has 0 aromatic carbocycles. The molecule has 0 spiro atoms. The molecule has 0 heteroatoms. The van der Waals surface area contributed by atoms with Gasteiger partial charge in [0.15, 0.2) is 0 Å². The molecule has 21 heavy (non-hydrogen) atoms. The first-order valence-corrected chi connectivity index (χ1v) is 10.4. The Kier molecular flexibility index (Phi) is 4.34. The summed E-state index contributed by atoms with van der Waals surface area (Å²) in [5, 5.41) is 0. The fourth-order valence-corrected chi connectivity index (χ4v) is 7.20. The van der Waals surface area contributed by atoms with Crippen molar-refractivity contribution in [2.45, 2.75) is 103 Å². The van der Waals surface area contributed by atoms with Gasteiger partial charge < -0.3 is 0 Å². The van der Waals surface area contributed by atoms with Crippen LogP contribution in [0.3, 0.4) is 0 Å². The van der Waals surface area contributed by atoms with Crippen molar-refractivity contribution in [3.63, 3.8) is 0 Å². The van der Waals surface area contributed by atoms with Gasteiger partial charge in [-0.2, -0.15) is 0 Å². The monoisotopic (exact) mass is 288 g/mol. The zero-order chi connectivity index (χ0) is 14.1. The molecule has 3 unspecified atom stereocenters. The van der Waals surface area contributed by atoms with Crippen LogP contribution in [0.15, 0.2) is 0 Å². The van der Waals surface area contributed by atoms with Gasteiger partial charge in [0.2, 0.25) is 0 Å². The molecule has 0 aliphatic heterocycles. The average molecular weight is 289 g/mol. The summed E-state index contributed by atoms with van der Waals surface area (Å²) in [6, 6.07) is 0. The van der Waals surface area contributed by atoms with Gasteiger partial charge in [-0.3, -0.25) is 0 Å². The second-order valence-electron chi connectivity index (χ2n) is 9.24. The first-order chi connectivity index (χ1) is 10.4. The zero-order valence-corrected chi connectivity index (χ0v) is 14.1. The highest BCUT2D eigenvalue weighted by molar-refractivity contribution is 4.97. The third-order valence-corrected chi connectivity index (χ3v) is 8.14. The van der Waals surface area contributed by atoms with E-state index >= 15 is 0 Å². The number of hydrogen-bond acceptors (Lipinski definition) is 0. The standard InChI is InChI=1S/C21H36/c1-2-14-21(15-5-9-18(6-1)16-21)20-13-12-17-7-3-10-19(20)11-4-8-17/h17-20H,1-16H2. The molecule has 0 nitrogen and oxygen atoms in total. The zero-order valence-electron chi connectivity index (χ0n) is 14.1. The van der Waals surface area contributed by atoms with Gasteiger partial charge in [0.05, 0.1) is 0 Å². The lowest BCUT2D eigenvalue weighted by Gasteiger charge is -2.50. The van der Waals surface area contributed by atoms with Crippen LogP contribution >= 0.6 is 0 Å². The highest BCUT2D eigenvalue weighted by Gasteiger charge is 2.46. The molecule has 4 bridgehead atoms. The van der Waals surface area contributed by atoms with E-state index in [1.165, 1.54) is 0 Å². The number of fused-ring (bicyclic) bond motifs is 9. The Balaban J connectivity index is 1.59. The Bertz CT molecular complexity index is 336. The number of rotatable bonds is 1. The Hall–Kier alpha value is 0. The second kappa shape index (κ2) is 6.25. The van der Waals surface area contributed by atoms with Crippen LogP contribution in [0.4, 0.5) is 0 Å². The fraction of sp³-hybridized carbons (Fsp3) is 1.00. The molecule has 0 amide bonds. The molecule has 120 valence electrons. The van der Waals surface area contributed by atoms with Gasteiger partial charge in [-0.15, -0.1) is 0 Å². The SMILES string of the molecule is C1CCC2(C3CCC4CCCC3CCC4)CCCC(C1)C2. The predicted molar refractivity (Wildman–Crippen MR) is 90.3 cm³/mol. The predicted octanol–water partition coefficient (Wildman–Crippen LogP) is 6.73. The third-order valence-electron chi connectivity index (χ3n) is 8.14. The van der Waals surface area contributed by atoms with E-state index < -0.39 is 0 Å². The molecule has 5 saturated carbocycles. The van der Waals surface area contributed by atoms with Crippen molar-refractivity contribution in [3.05, 3.63) is 0 Å². The largest absolute Gasteiger partial charge is 0.0530 e. The summed E-state index contributed by atoms with van der Waals surface area (Å²) in [5.74, 6) is 4.46. The summed E-state index contributed by atoms with van der Waals surface area (Å²) in [6.45, 7) is 0. The van der Waals surface area contributed by atoms with Crippen LogP contribution in [-0.2, 0) is 0 Å². The first-order valence-electron chi connectivity index (χ1n) is 10.4. The maximum Gasteiger partial charge on any atom is -0.0264 e. The van der Waals surface area contributed by atoms with E-state index in [1.807, 2.05) is 0 Å². The number of hydrogen-bond donors (Lipinski definition) is 0. The minimum absolute atomic E-state index is 0.809. The lowest BCUT2D eigenvalue weighted by Crippen LogP contribution is -2.40. The Labute approximate surface area is 132 Å². The third kappa shape index (κ3) is 2.93. The van der Waals surface area contributed by atoms with Crippen molar-refractivity contribution >= 4 is 0 Å². The van der Waals surface area contributed by atoms with Crippen LogP contribution in [0.1, 0.15) is 103 Å². The van der Waals surface area contributed by atoms with Crippen LogP contribution in [0.5, 0.6) is 0 Å². The van der Waals surface area contributed by atoms with Crippen molar-refractivity contribution in [2.75, 3.05) is 0 Å². The van der Waals surface area contributed by atoms with Gasteiger partial charge in [0.25, 0.3) is 0 Å². The maximum absolute atomic E-state index is 1.64. The molecule has 5 fully saturated rings. The minimum atomic E-state index is 0.809. The average Bonchev–Trinajstić information content (AvgIpc) is 2.56. The Morgan fingerprint density at radius 1 is 0.524 bits per heavy atom.